The Morgan fingerprint density at radius 3 is 2.76 bits per heavy atom. The predicted molar refractivity (Wildman–Crippen MR) is 89.3 cm³/mol. The Labute approximate surface area is 137 Å². The van der Waals surface area contributed by atoms with E-state index in [9.17, 15) is 4.79 Å². The molecule has 4 nitrogen and oxygen atoms in total. The second-order valence-electron chi connectivity index (χ2n) is 4.27. The molecule has 0 spiro atoms. The van der Waals surface area contributed by atoms with Gasteiger partial charge in [-0.3, -0.25) is 4.79 Å². The molecular weight excluding hydrogens is 372 g/mol. The summed E-state index contributed by atoms with van der Waals surface area (Å²) in [5.74, 6) is 0.547. The Morgan fingerprint density at radius 2 is 2.10 bits per heavy atom. The third-order valence-corrected chi connectivity index (χ3v) is 5.70. The maximum atomic E-state index is 12.2. The molecule has 0 aliphatic heterocycles. The van der Waals surface area contributed by atoms with Gasteiger partial charge in [-0.25, -0.2) is 0 Å². The number of ether oxygens (including phenoxy) is 1. The molecular formula is C14H11BrN2O2S2. The molecule has 7 heteroatoms. The highest BCUT2D eigenvalue weighted by Gasteiger charge is 2.11. The van der Waals surface area contributed by atoms with Gasteiger partial charge in [0.05, 0.1) is 20.5 Å². The van der Waals surface area contributed by atoms with Crippen molar-refractivity contribution in [2.24, 2.45) is 12.0 Å². The molecule has 0 saturated heterocycles. The number of amides is 1. The summed E-state index contributed by atoms with van der Waals surface area (Å²) in [5, 5.41) is 0. The van der Waals surface area contributed by atoms with Crippen LogP contribution in [0.2, 0.25) is 0 Å². The van der Waals surface area contributed by atoms with Crippen molar-refractivity contribution in [3.63, 3.8) is 0 Å². The summed E-state index contributed by atoms with van der Waals surface area (Å²) < 4.78 is 9.22. The molecule has 108 valence electrons. The topological polar surface area (TPSA) is 43.6 Å². The average Bonchev–Trinajstić information content (AvgIpc) is 3.04. The standard InChI is InChI=1S/C14H11BrN2O2S2/c1-17-12-8(19-2)4-3-5-9(12)21-14(17)16-13(18)10-6-7-11(15)20-10/h3-7H,1-2H3. The Bertz CT molecular complexity index is 892. The molecule has 0 saturated carbocycles. The second-order valence-corrected chi connectivity index (χ2v) is 7.74. The van der Waals surface area contributed by atoms with E-state index in [1.165, 1.54) is 22.7 Å². The van der Waals surface area contributed by atoms with Gasteiger partial charge in [-0.15, -0.1) is 11.3 Å². The van der Waals surface area contributed by atoms with E-state index in [4.69, 9.17) is 4.74 Å². The summed E-state index contributed by atoms with van der Waals surface area (Å²) in [6, 6.07) is 9.44. The lowest BCUT2D eigenvalue weighted by atomic mass is 10.3. The summed E-state index contributed by atoms with van der Waals surface area (Å²) in [6.07, 6.45) is 0. The number of thiazole rings is 1. The number of hydrogen-bond acceptors (Lipinski definition) is 4. The SMILES string of the molecule is COc1cccc2sc(=NC(=O)c3ccc(Br)s3)n(C)c12. The molecule has 0 atom stereocenters. The lowest BCUT2D eigenvalue weighted by Gasteiger charge is -2.02. The molecule has 0 N–H and O–H groups in total. The summed E-state index contributed by atoms with van der Waals surface area (Å²) in [4.78, 5) is 17.7. The first kappa shape index (κ1) is 14.5. The van der Waals surface area contributed by atoms with Gasteiger partial charge in [0.2, 0.25) is 0 Å². The van der Waals surface area contributed by atoms with Crippen LogP contribution in [0.15, 0.2) is 39.1 Å². The number of fused-ring (bicyclic) bond motifs is 1. The van der Waals surface area contributed by atoms with Crippen LogP contribution in [-0.2, 0) is 7.05 Å². The van der Waals surface area contributed by atoms with Gasteiger partial charge < -0.3 is 9.30 Å². The van der Waals surface area contributed by atoms with Crippen molar-refractivity contribution in [1.82, 2.24) is 4.57 Å². The van der Waals surface area contributed by atoms with Gasteiger partial charge in [0.1, 0.15) is 11.3 Å². The van der Waals surface area contributed by atoms with Crippen molar-refractivity contribution >= 4 is 54.7 Å². The van der Waals surface area contributed by atoms with Crippen molar-refractivity contribution < 1.29 is 9.53 Å². The first-order valence-electron chi connectivity index (χ1n) is 6.07. The molecule has 0 radical (unpaired) electrons. The van der Waals surface area contributed by atoms with Crippen molar-refractivity contribution in [3.05, 3.63) is 43.8 Å². The highest BCUT2D eigenvalue weighted by Crippen LogP contribution is 2.27. The number of nitrogens with zero attached hydrogens (tertiary/aromatic N) is 2. The van der Waals surface area contributed by atoms with E-state index >= 15 is 0 Å². The van der Waals surface area contributed by atoms with Gasteiger partial charge in [-0.1, -0.05) is 17.4 Å². The van der Waals surface area contributed by atoms with Crippen molar-refractivity contribution in [3.8, 4) is 5.75 Å². The van der Waals surface area contributed by atoms with Gasteiger partial charge >= 0.3 is 0 Å². The van der Waals surface area contributed by atoms with E-state index in [1.54, 1.807) is 13.2 Å². The number of benzene rings is 1. The lowest BCUT2D eigenvalue weighted by Crippen LogP contribution is -2.13. The number of para-hydroxylation sites is 1. The maximum Gasteiger partial charge on any atom is 0.289 e. The molecule has 2 heterocycles. The molecule has 0 fully saturated rings. The summed E-state index contributed by atoms with van der Waals surface area (Å²) in [5.41, 5.74) is 0.948. The van der Waals surface area contributed by atoms with Gasteiger partial charge in [-0.2, -0.15) is 4.99 Å². The summed E-state index contributed by atoms with van der Waals surface area (Å²) in [6.45, 7) is 0. The minimum Gasteiger partial charge on any atom is -0.495 e. The highest BCUT2D eigenvalue weighted by molar-refractivity contribution is 9.11. The van der Waals surface area contributed by atoms with Crippen LogP contribution in [0.3, 0.4) is 0 Å². The zero-order valence-corrected chi connectivity index (χ0v) is 14.5. The number of hydrogen-bond donors (Lipinski definition) is 0. The second kappa shape index (κ2) is 5.75. The third-order valence-electron chi connectivity index (χ3n) is 2.99. The van der Waals surface area contributed by atoms with E-state index in [2.05, 4.69) is 20.9 Å². The van der Waals surface area contributed by atoms with Gasteiger partial charge in [-0.05, 0) is 40.2 Å². The highest BCUT2D eigenvalue weighted by atomic mass is 79.9. The predicted octanol–water partition coefficient (Wildman–Crippen LogP) is 3.81. The lowest BCUT2D eigenvalue weighted by molar-refractivity contribution is 0.100. The number of carbonyl (C=O) groups is 1. The van der Waals surface area contributed by atoms with E-state index in [0.717, 1.165) is 19.8 Å². The maximum absolute atomic E-state index is 12.2. The number of thiophene rings is 1. The van der Waals surface area contributed by atoms with E-state index < -0.39 is 0 Å². The van der Waals surface area contributed by atoms with Crippen LogP contribution in [0.1, 0.15) is 9.67 Å². The first-order chi connectivity index (χ1) is 10.1. The van der Waals surface area contributed by atoms with Gasteiger partial charge in [0.15, 0.2) is 4.80 Å². The first-order valence-corrected chi connectivity index (χ1v) is 8.49. The van der Waals surface area contributed by atoms with E-state index in [-0.39, 0.29) is 5.91 Å². The largest absolute Gasteiger partial charge is 0.495 e. The molecule has 21 heavy (non-hydrogen) atoms. The monoisotopic (exact) mass is 382 g/mol. The van der Waals surface area contributed by atoms with Crippen LogP contribution >= 0.6 is 38.6 Å². The average molecular weight is 383 g/mol. The molecule has 1 amide bonds. The molecule has 1 aromatic carbocycles. The van der Waals surface area contributed by atoms with Crippen LogP contribution < -0.4 is 9.54 Å². The minimum atomic E-state index is -0.230. The van der Waals surface area contributed by atoms with Crippen LogP contribution in [-0.4, -0.2) is 17.6 Å². The number of methoxy groups -OCH3 is 1. The molecule has 0 bridgehead atoms. The Morgan fingerprint density at radius 1 is 1.29 bits per heavy atom. The third kappa shape index (κ3) is 2.68. The molecule has 2 aromatic heterocycles. The zero-order chi connectivity index (χ0) is 15.0. The quantitative estimate of drug-likeness (QED) is 0.676. The van der Waals surface area contributed by atoms with Crippen molar-refractivity contribution in [2.75, 3.05) is 7.11 Å². The molecule has 0 unspecified atom stereocenters. The van der Waals surface area contributed by atoms with Crippen LogP contribution in [0, 0.1) is 0 Å². The number of aromatic nitrogens is 1. The Kier molecular flexibility index (Phi) is 3.97. The molecule has 3 aromatic rings. The Hall–Kier alpha value is -1.44. The smallest absolute Gasteiger partial charge is 0.289 e. The van der Waals surface area contributed by atoms with E-state index in [1.807, 2.05) is 35.9 Å². The van der Waals surface area contributed by atoms with Crippen LogP contribution in [0.5, 0.6) is 5.75 Å². The zero-order valence-electron chi connectivity index (χ0n) is 11.3. The minimum absolute atomic E-state index is 0.230. The van der Waals surface area contributed by atoms with Crippen molar-refractivity contribution in [1.29, 1.82) is 0 Å². The Balaban J connectivity index is 2.14. The molecule has 0 aliphatic rings. The fraction of sp³-hybridized carbons (Fsp3) is 0.143. The normalized spacial score (nSPS) is 12.0. The van der Waals surface area contributed by atoms with Crippen LogP contribution in [0.4, 0.5) is 0 Å². The van der Waals surface area contributed by atoms with Crippen molar-refractivity contribution in [2.45, 2.75) is 0 Å². The van der Waals surface area contributed by atoms with E-state index in [0.29, 0.717) is 9.68 Å². The fourth-order valence-electron chi connectivity index (χ4n) is 2.01. The molecule has 0 aliphatic carbocycles. The number of carbonyl (C=O) groups excluding carboxylic acids is 1. The summed E-state index contributed by atoms with van der Waals surface area (Å²) in [7, 11) is 3.52. The number of halogens is 1. The number of aryl methyl sites for hydroxylation is 1. The molecule has 3 rings (SSSR count). The van der Waals surface area contributed by atoms with Crippen LogP contribution in [0.25, 0.3) is 10.2 Å². The number of rotatable bonds is 2. The van der Waals surface area contributed by atoms with Gasteiger partial charge in [0, 0.05) is 7.05 Å². The summed E-state index contributed by atoms with van der Waals surface area (Å²) >= 11 is 6.20. The fourth-order valence-corrected chi connectivity index (χ4v) is 4.32. The van der Waals surface area contributed by atoms with Gasteiger partial charge in [0.25, 0.3) is 5.91 Å².